The SMILES string of the molecule is CCCCCCCCCCCC(=O)OCC[N+](C)(CCO)Cc1ccccc1.[Cl-]. The minimum absolute atomic E-state index is 0. The molecule has 0 heterocycles. The molecule has 0 aliphatic carbocycles. The van der Waals surface area contributed by atoms with Crippen LogP contribution in [0.4, 0.5) is 0 Å². The lowest BCUT2D eigenvalue weighted by atomic mass is 10.1. The smallest absolute Gasteiger partial charge is 0.305 e. The summed E-state index contributed by atoms with van der Waals surface area (Å²) >= 11 is 0. The van der Waals surface area contributed by atoms with Gasteiger partial charge in [-0.1, -0.05) is 88.6 Å². The molecule has 1 aromatic rings. The van der Waals surface area contributed by atoms with E-state index in [1.54, 1.807) is 0 Å². The summed E-state index contributed by atoms with van der Waals surface area (Å²) < 4.78 is 6.13. The van der Waals surface area contributed by atoms with Crippen molar-refractivity contribution in [3.8, 4) is 0 Å². The zero-order chi connectivity index (χ0) is 20.5. The highest BCUT2D eigenvalue weighted by atomic mass is 35.5. The van der Waals surface area contributed by atoms with Gasteiger partial charge in [-0.15, -0.1) is 0 Å². The summed E-state index contributed by atoms with van der Waals surface area (Å²) in [5.41, 5.74) is 1.24. The second-order valence-corrected chi connectivity index (χ2v) is 8.23. The number of carbonyl (C=O) groups is 1. The molecule has 0 saturated heterocycles. The number of aliphatic hydroxyl groups excluding tert-OH is 1. The van der Waals surface area contributed by atoms with Crippen LogP contribution in [0.3, 0.4) is 0 Å². The van der Waals surface area contributed by atoms with Gasteiger partial charge >= 0.3 is 5.97 Å². The van der Waals surface area contributed by atoms with E-state index >= 15 is 0 Å². The number of unbranched alkanes of at least 4 members (excludes halogenated alkanes) is 8. The first-order chi connectivity index (χ1) is 13.6. The first kappa shape index (κ1) is 27.9. The Morgan fingerprint density at radius 2 is 1.52 bits per heavy atom. The van der Waals surface area contributed by atoms with E-state index < -0.39 is 0 Å². The third-order valence-electron chi connectivity index (χ3n) is 5.43. The zero-order valence-corrected chi connectivity index (χ0v) is 19.3. The molecule has 1 unspecified atom stereocenters. The van der Waals surface area contributed by atoms with Crippen LogP contribution in [-0.4, -0.2) is 48.9 Å². The fourth-order valence-electron chi connectivity index (χ4n) is 3.57. The van der Waals surface area contributed by atoms with Gasteiger partial charge in [-0.2, -0.15) is 0 Å². The molecule has 29 heavy (non-hydrogen) atoms. The Morgan fingerprint density at radius 3 is 2.10 bits per heavy atom. The Kier molecular flexibility index (Phi) is 17.1. The van der Waals surface area contributed by atoms with E-state index in [2.05, 4.69) is 26.1 Å². The number of quaternary nitrogens is 1. The van der Waals surface area contributed by atoms with Crippen molar-refractivity contribution in [1.29, 1.82) is 0 Å². The highest BCUT2D eigenvalue weighted by Crippen LogP contribution is 2.13. The summed E-state index contributed by atoms with van der Waals surface area (Å²) in [4.78, 5) is 12.0. The van der Waals surface area contributed by atoms with Crippen LogP contribution in [0.15, 0.2) is 30.3 Å². The quantitative estimate of drug-likeness (QED) is 0.235. The third kappa shape index (κ3) is 14.5. The summed E-state index contributed by atoms with van der Waals surface area (Å²) in [6.07, 6.45) is 11.8. The van der Waals surface area contributed by atoms with Crippen LogP contribution in [0, 0.1) is 0 Å². The van der Waals surface area contributed by atoms with Crippen molar-refractivity contribution in [1.82, 2.24) is 0 Å². The molecule has 0 saturated carbocycles. The molecule has 0 aliphatic heterocycles. The number of likely N-dealkylation sites (N-methyl/N-ethyl adjacent to an activating group) is 1. The lowest BCUT2D eigenvalue weighted by Gasteiger charge is -2.33. The minimum atomic E-state index is -0.0850. The number of halogens is 1. The largest absolute Gasteiger partial charge is 1.00 e. The highest BCUT2D eigenvalue weighted by molar-refractivity contribution is 5.69. The van der Waals surface area contributed by atoms with Gasteiger partial charge in [0.05, 0.1) is 13.7 Å². The molecule has 1 N–H and O–H groups in total. The van der Waals surface area contributed by atoms with E-state index in [1.807, 2.05) is 18.2 Å². The molecular formula is C24H42ClNO3. The fraction of sp³-hybridized carbons (Fsp3) is 0.708. The van der Waals surface area contributed by atoms with Crippen molar-refractivity contribution >= 4 is 5.97 Å². The molecule has 0 aliphatic rings. The van der Waals surface area contributed by atoms with Gasteiger partial charge in [0.2, 0.25) is 0 Å². The van der Waals surface area contributed by atoms with Crippen molar-refractivity contribution in [3.05, 3.63) is 35.9 Å². The number of benzene rings is 1. The van der Waals surface area contributed by atoms with Gasteiger partial charge in [-0.3, -0.25) is 4.79 Å². The van der Waals surface area contributed by atoms with Crippen molar-refractivity contribution in [2.45, 2.75) is 77.7 Å². The number of rotatable bonds is 17. The molecule has 0 radical (unpaired) electrons. The number of ether oxygens (including phenoxy) is 1. The van der Waals surface area contributed by atoms with Crippen LogP contribution >= 0.6 is 0 Å². The Bertz CT molecular complexity index is 512. The second kappa shape index (κ2) is 17.7. The highest BCUT2D eigenvalue weighted by Gasteiger charge is 2.22. The molecule has 1 aromatic carbocycles. The predicted octanol–water partition coefficient (Wildman–Crippen LogP) is 2.09. The van der Waals surface area contributed by atoms with E-state index in [0.717, 1.165) is 25.9 Å². The van der Waals surface area contributed by atoms with Crippen LogP contribution in [-0.2, 0) is 16.1 Å². The van der Waals surface area contributed by atoms with Gasteiger partial charge in [-0.25, -0.2) is 0 Å². The average molecular weight is 428 g/mol. The van der Waals surface area contributed by atoms with Gasteiger partial charge in [0.15, 0.2) is 0 Å². The van der Waals surface area contributed by atoms with E-state index in [1.165, 1.54) is 50.5 Å². The number of hydrogen-bond donors (Lipinski definition) is 1. The fourth-order valence-corrected chi connectivity index (χ4v) is 3.57. The van der Waals surface area contributed by atoms with Crippen LogP contribution < -0.4 is 12.4 Å². The molecule has 0 aromatic heterocycles. The molecule has 168 valence electrons. The van der Waals surface area contributed by atoms with Crippen LogP contribution in [0.1, 0.15) is 76.7 Å². The monoisotopic (exact) mass is 427 g/mol. The first-order valence-corrected chi connectivity index (χ1v) is 11.2. The van der Waals surface area contributed by atoms with E-state index in [0.29, 0.717) is 24.1 Å². The topological polar surface area (TPSA) is 46.5 Å². The van der Waals surface area contributed by atoms with Crippen molar-refractivity contribution < 1.29 is 31.5 Å². The van der Waals surface area contributed by atoms with Gasteiger partial charge in [0.1, 0.15) is 26.2 Å². The molecule has 1 rings (SSSR count). The number of aliphatic hydroxyl groups is 1. The normalized spacial score (nSPS) is 12.8. The molecule has 0 amide bonds. The molecule has 5 heteroatoms. The Hall–Kier alpha value is -1.10. The van der Waals surface area contributed by atoms with Crippen molar-refractivity contribution in [2.75, 3.05) is 33.4 Å². The maximum Gasteiger partial charge on any atom is 0.305 e. The molecule has 1 atom stereocenters. The summed E-state index contributed by atoms with van der Waals surface area (Å²) in [6, 6.07) is 10.3. The second-order valence-electron chi connectivity index (χ2n) is 8.23. The molecule has 0 bridgehead atoms. The van der Waals surface area contributed by atoms with Crippen molar-refractivity contribution in [3.63, 3.8) is 0 Å². The summed E-state index contributed by atoms with van der Waals surface area (Å²) in [5, 5.41) is 9.41. The molecule has 0 fully saturated rings. The molecule has 4 nitrogen and oxygen atoms in total. The average Bonchev–Trinajstić information content (AvgIpc) is 2.67. The number of nitrogens with zero attached hydrogens (tertiary/aromatic N) is 1. The third-order valence-corrected chi connectivity index (χ3v) is 5.43. The van der Waals surface area contributed by atoms with Crippen LogP contribution in [0.25, 0.3) is 0 Å². The van der Waals surface area contributed by atoms with Gasteiger partial charge in [0.25, 0.3) is 0 Å². The van der Waals surface area contributed by atoms with Gasteiger partial charge in [0, 0.05) is 12.0 Å². The lowest BCUT2D eigenvalue weighted by molar-refractivity contribution is -0.923. The summed E-state index contributed by atoms with van der Waals surface area (Å²) in [6.45, 7) is 5.00. The summed E-state index contributed by atoms with van der Waals surface area (Å²) in [5.74, 6) is -0.0850. The van der Waals surface area contributed by atoms with Crippen molar-refractivity contribution in [2.24, 2.45) is 0 Å². The number of carbonyl (C=O) groups excluding carboxylic acids is 1. The maximum atomic E-state index is 12.0. The first-order valence-electron chi connectivity index (χ1n) is 11.2. The Morgan fingerprint density at radius 1 is 0.931 bits per heavy atom. The van der Waals surface area contributed by atoms with Crippen LogP contribution in [0.5, 0.6) is 0 Å². The van der Waals surface area contributed by atoms with E-state index in [-0.39, 0.29) is 25.0 Å². The number of esters is 1. The van der Waals surface area contributed by atoms with Gasteiger partial charge < -0.3 is 26.7 Å². The maximum absolute atomic E-state index is 12.0. The molecular weight excluding hydrogens is 386 g/mol. The Balaban J connectivity index is 0.00000784. The molecule has 0 spiro atoms. The predicted molar refractivity (Wildman–Crippen MR) is 116 cm³/mol. The standard InChI is InChI=1S/C24H42NO3.ClH/c1-3-4-5-6-7-8-9-10-14-17-24(27)28-21-19-25(2,18-20-26)22-23-15-12-11-13-16-23;/h11-13,15-16,26H,3-10,14,17-22H2,1-2H3;1H/q+1;/p-1. The van der Waals surface area contributed by atoms with Gasteiger partial charge in [-0.05, 0) is 6.42 Å². The van der Waals surface area contributed by atoms with Crippen LogP contribution in [0.2, 0.25) is 0 Å². The summed E-state index contributed by atoms with van der Waals surface area (Å²) in [7, 11) is 2.11. The minimum Gasteiger partial charge on any atom is -1.00 e. The zero-order valence-electron chi connectivity index (χ0n) is 18.6. The Labute approximate surface area is 184 Å². The lowest BCUT2D eigenvalue weighted by Crippen LogP contribution is -3.00. The van der Waals surface area contributed by atoms with E-state index in [4.69, 9.17) is 4.74 Å². The number of hydrogen-bond acceptors (Lipinski definition) is 3. The van der Waals surface area contributed by atoms with E-state index in [9.17, 15) is 9.90 Å².